The lowest BCUT2D eigenvalue weighted by Crippen LogP contribution is -2.38. The molecule has 20 heavy (non-hydrogen) atoms. The fraction of sp³-hybridized carbons (Fsp3) is 0.562. The number of rotatable bonds is 5. The highest BCUT2D eigenvalue weighted by atomic mass is 16.1. The first-order valence-corrected chi connectivity index (χ1v) is 7.44. The molecule has 0 spiro atoms. The van der Waals surface area contributed by atoms with Crippen molar-refractivity contribution in [1.29, 1.82) is 0 Å². The average Bonchev–Trinajstić information content (AvgIpc) is 3.28. The third-order valence-corrected chi connectivity index (χ3v) is 4.30. The second-order valence-corrected chi connectivity index (χ2v) is 6.35. The summed E-state index contributed by atoms with van der Waals surface area (Å²) in [7, 11) is 3.89. The lowest BCUT2D eigenvalue weighted by Gasteiger charge is -2.21. The van der Waals surface area contributed by atoms with Crippen molar-refractivity contribution in [3.05, 3.63) is 23.8 Å². The molecule has 0 saturated heterocycles. The first-order valence-electron chi connectivity index (χ1n) is 7.44. The molecule has 4 nitrogen and oxygen atoms in total. The third-order valence-electron chi connectivity index (χ3n) is 4.30. The van der Waals surface area contributed by atoms with Crippen molar-refractivity contribution < 1.29 is 4.79 Å². The summed E-state index contributed by atoms with van der Waals surface area (Å²) in [4.78, 5) is 14.6. The molecule has 0 atom stereocenters. The Hall–Kier alpha value is -1.71. The minimum atomic E-state index is 0.0183. The summed E-state index contributed by atoms with van der Waals surface area (Å²) in [5, 5.41) is 3.26. The van der Waals surface area contributed by atoms with Gasteiger partial charge in [-0.05, 0) is 55.7 Å². The summed E-state index contributed by atoms with van der Waals surface area (Å²) in [5.74, 6) is 1.43. The summed E-state index contributed by atoms with van der Waals surface area (Å²) in [6.07, 6.45) is 5.05. The number of anilines is 2. The zero-order valence-electron chi connectivity index (χ0n) is 12.2. The van der Waals surface area contributed by atoms with E-state index >= 15 is 0 Å². The Bertz CT molecular complexity index is 506. The van der Waals surface area contributed by atoms with Crippen LogP contribution < -0.4 is 16.0 Å². The second kappa shape index (κ2) is 5.00. The zero-order chi connectivity index (χ0) is 14.3. The summed E-state index contributed by atoms with van der Waals surface area (Å²) < 4.78 is 0. The van der Waals surface area contributed by atoms with Crippen molar-refractivity contribution >= 4 is 17.3 Å². The number of hydrogen-bond donors (Lipinski definition) is 2. The molecule has 0 heterocycles. The number of nitrogen functional groups attached to an aromatic ring is 1. The smallest absolute Gasteiger partial charge is 0.253 e. The van der Waals surface area contributed by atoms with E-state index < -0.39 is 0 Å². The summed E-state index contributed by atoms with van der Waals surface area (Å²) in [6.45, 7) is 0. The van der Waals surface area contributed by atoms with Crippen LogP contribution in [0.25, 0.3) is 0 Å². The maximum absolute atomic E-state index is 12.6. The van der Waals surface area contributed by atoms with Crippen LogP contribution in [0.3, 0.4) is 0 Å². The second-order valence-electron chi connectivity index (χ2n) is 6.35. The monoisotopic (exact) mass is 273 g/mol. The van der Waals surface area contributed by atoms with Crippen molar-refractivity contribution in [3.63, 3.8) is 0 Å². The van der Waals surface area contributed by atoms with Crippen LogP contribution >= 0.6 is 0 Å². The van der Waals surface area contributed by atoms with Gasteiger partial charge in [0.15, 0.2) is 0 Å². The molecule has 108 valence electrons. The van der Waals surface area contributed by atoms with Gasteiger partial charge in [0, 0.05) is 31.5 Å². The van der Waals surface area contributed by atoms with Crippen LogP contribution in [0, 0.1) is 11.8 Å². The molecular weight excluding hydrogens is 250 g/mol. The first kappa shape index (κ1) is 13.3. The van der Waals surface area contributed by atoms with Crippen LogP contribution in [0.5, 0.6) is 0 Å². The van der Waals surface area contributed by atoms with Gasteiger partial charge in [-0.1, -0.05) is 0 Å². The number of benzene rings is 1. The molecule has 2 aliphatic rings. The number of carbonyl (C=O) groups is 1. The minimum absolute atomic E-state index is 0.0183. The van der Waals surface area contributed by atoms with E-state index in [9.17, 15) is 4.79 Å². The highest BCUT2D eigenvalue weighted by Crippen LogP contribution is 2.44. The average molecular weight is 273 g/mol. The van der Waals surface area contributed by atoms with E-state index in [0.717, 1.165) is 5.69 Å². The van der Waals surface area contributed by atoms with Crippen LogP contribution in [0.4, 0.5) is 11.4 Å². The van der Waals surface area contributed by atoms with Gasteiger partial charge in [-0.15, -0.1) is 0 Å². The fourth-order valence-electron chi connectivity index (χ4n) is 2.89. The van der Waals surface area contributed by atoms with Crippen LogP contribution in [0.1, 0.15) is 36.0 Å². The molecule has 0 aliphatic heterocycles. The molecule has 3 N–H and O–H groups in total. The number of nitrogens with zero attached hydrogens (tertiary/aromatic N) is 1. The van der Waals surface area contributed by atoms with Crippen molar-refractivity contribution in [2.24, 2.45) is 11.8 Å². The van der Waals surface area contributed by atoms with Crippen molar-refractivity contribution in [3.8, 4) is 0 Å². The molecule has 0 aromatic heterocycles. The van der Waals surface area contributed by atoms with E-state index in [1.165, 1.54) is 25.7 Å². The highest BCUT2D eigenvalue weighted by Gasteiger charge is 2.42. The Morgan fingerprint density at radius 3 is 2.35 bits per heavy atom. The van der Waals surface area contributed by atoms with Gasteiger partial charge in [0.2, 0.25) is 0 Å². The summed E-state index contributed by atoms with van der Waals surface area (Å²) >= 11 is 0. The van der Waals surface area contributed by atoms with Gasteiger partial charge in [0.05, 0.1) is 5.56 Å². The largest absolute Gasteiger partial charge is 0.399 e. The standard InChI is InChI=1S/C16H23N3O/c1-19(2)14-8-7-12(17)9-13(14)16(20)18-15(10-3-4-10)11-5-6-11/h7-11,15H,3-6,17H2,1-2H3,(H,18,20). The predicted octanol–water partition coefficient (Wildman–Crippen LogP) is 2.25. The van der Waals surface area contributed by atoms with E-state index in [0.29, 0.717) is 29.1 Å². The molecule has 2 aliphatic carbocycles. The molecule has 0 radical (unpaired) electrons. The first-order chi connectivity index (χ1) is 9.56. The molecular formula is C16H23N3O. The van der Waals surface area contributed by atoms with Crippen molar-refractivity contribution in [2.45, 2.75) is 31.7 Å². The van der Waals surface area contributed by atoms with Gasteiger partial charge in [0.1, 0.15) is 0 Å². The fourth-order valence-corrected chi connectivity index (χ4v) is 2.89. The van der Waals surface area contributed by atoms with Crippen molar-refractivity contribution in [1.82, 2.24) is 5.32 Å². The summed E-state index contributed by atoms with van der Waals surface area (Å²) in [6, 6.07) is 5.90. The van der Waals surface area contributed by atoms with Crippen LogP contribution in [-0.2, 0) is 0 Å². The van der Waals surface area contributed by atoms with E-state index in [1.807, 2.05) is 31.1 Å². The Balaban J connectivity index is 1.80. The molecule has 3 rings (SSSR count). The third kappa shape index (κ3) is 2.74. The Labute approximate surface area is 120 Å². The summed E-state index contributed by atoms with van der Waals surface area (Å²) in [5.41, 5.74) is 8.08. The molecule has 0 unspecified atom stereocenters. The van der Waals surface area contributed by atoms with Gasteiger partial charge in [-0.25, -0.2) is 0 Å². The van der Waals surface area contributed by atoms with Gasteiger partial charge in [0.25, 0.3) is 5.91 Å². The number of hydrogen-bond acceptors (Lipinski definition) is 3. The van der Waals surface area contributed by atoms with E-state index in [1.54, 1.807) is 6.07 Å². The van der Waals surface area contributed by atoms with E-state index in [2.05, 4.69) is 5.32 Å². The van der Waals surface area contributed by atoms with Gasteiger partial charge < -0.3 is 16.0 Å². The van der Waals surface area contributed by atoms with Gasteiger partial charge in [-0.2, -0.15) is 0 Å². The van der Waals surface area contributed by atoms with Gasteiger partial charge >= 0.3 is 0 Å². The Morgan fingerprint density at radius 2 is 1.85 bits per heavy atom. The van der Waals surface area contributed by atoms with Crippen LogP contribution in [-0.4, -0.2) is 26.0 Å². The Kier molecular flexibility index (Phi) is 3.32. The SMILES string of the molecule is CN(C)c1ccc(N)cc1C(=O)NC(C1CC1)C1CC1. The van der Waals surface area contributed by atoms with E-state index in [-0.39, 0.29) is 5.91 Å². The number of nitrogens with two attached hydrogens (primary N) is 1. The van der Waals surface area contributed by atoms with E-state index in [4.69, 9.17) is 5.73 Å². The number of amides is 1. The normalized spacial score (nSPS) is 18.1. The number of nitrogens with one attached hydrogen (secondary N) is 1. The topological polar surface area (TPSA) is 58.4 Å². The highest BCUT2D eigenvalue weighted by molar-refractivity contribution is 6.00. The maximum atomic E-state index is 12.6. The Morgan fingerprint density at radius 1 is 1.25 bits per heavy atom. The molecule has 2 fully saturated rings. The molecule has 1 amide bonds. The van der Waals surface area contributed by atoms with Crippen molar-refractivity contribution in [2.75, 3.05) is 24.7 Å². The lowest BCUT2D eigenvalue weighted by molar-refractivity contribution is 0.0927. The van der Waals surface area contributed by atoms with Crippen LogP contribution in [0.15, 0.2) is 18.2 Å². The van der Waals surface area contributed by atoms with Gasteiger partial charge in [-0.3, -0.25) is 4.79 Å². The van der Waals surface area contributed by atoms with Crippen LogP contribution in [0.2, 0.25) is 0 Å². The predicted molar refractivity (Wildman–Crippen MR) is 81.9 cm³/mol. The molecule has 1 aromatic rings. The molecule has 1 aromatic carbocycles. The maximum Gasteiger partial charge on any atom is 0.253 e. The lowest BCUT2D eigenvalue weighted by atomic mass is 10.1. The molecule has 0 bridgehead atoms. The minimum Gasteiger partial charge on any atom is -0.399 e. The zero-order valence-corrected chi connectivity index (χ0v) is 12.2. The molecule has 2 saturated carbocycles. The quantitative estimate of drug-likeness (QED) is 0.809. The molecule has 4 heteroatoms. The number of carbonyl (C=O) groups excluding carboxylic acids is 1.